The van der Waals surface area contributed by atoms with Crippen molar-refractivity contribution >= 4 is 23.4 Å². The molecule has 0 N–H and O–H groups in total. The summed E-state index contributed by atoms with van der Waals surface area (Å²) in [6, 6.07) is 7.85. The van der Waals surface area contributed by atoms with Crippen LogP contribution in [0.2, 0.25) is 0 Å². The molecule has 0 spiro atoms. The maximum Gasteiger partial charge on any atom is 0.266 e. The summed E-state index contributed by atoms with van der Waals surface area (Å²) in [7, 11) is 0. The van der Waals surface area contributed by atoms with Crippen molar-refractivity contribution < 1.29 is 4.92 Å². The minimum Gasteiger partial charge on any atom is -0.360 e. The highest BCUT2D eigenvalue weighted by Gasteiger charge is 2.23. The lowest BCUT2D eigenvalue weighted by Gasteiger charge is -2.28. The van der Waals surface area contributed by atoms with Crippen LogP contribution in [0.1, 0.15) is 31.2 Å². The molecule has 0 atom stereocenters. The topological polar surface area (TPSA) is 46.4 Å². The van der Waals surface area contributed by atoms with Gasteiger partial charge in [-0.1, -0.05) is 31.0 Å². The number of nitro groups is 1. The van der Waals surface area contributed by atoms with E-state index in [1.54, 1.807) is 6.08 Å². The van der Waals surface area contributed by atoms with Crippen molar-refractivity contribution in [2.45, 2.75) is 25.7 Å². The summed E-state index contributed by atoms with van der Waals surface area (Å²) in [4.78, 5) is 12.8. The number of anilines is 1. The highest BCUT2D eigenvalue weighted by atomic mass is 35.5. The smallest absolute Gasteiger partial charge is 0.266 e. The van der Waals surface area contributed by atoms with Crippen molar-refractivity contribution in [3.05, 3.63) is 45.6 Å². The second-order valence-corrected chi connectivity index (χ2v) is 5.35. The van der Waals surface area contributed by atoms with Crippen molar-refractivity contribution in [2.24, 2.45) is 0 Å². The maximum absolute atomic E-state index is 11.0. The van der Waals surface area contributed by atoms with Crippen LogP contribution in [0.4, 0.5) is 5.69 Å². The Morgan fingerprint density at radius 3 is 2.70 bits per heavy atom. The largest absolute Gasteiger partial charge is 0.360 e. The Labute approximate surface area is 124 Å². The average molecular weight is 295 g/mol. The molecule has 0 aromatic heterocycles. The zero-order valence-corrected chi connectivity index (χ0v) is 12.2. The van der Waals surface area contributed by atoms with E-state index in [1.807, 2.05) is 24.3 Å². The van der Waals surface area contributed by atoms with E-state index in [9.17, 15) is 10.1 Å². The molecule has 0 aliphatic carbocycles. The normalized spacial score (nSPS) is 13.8. The van der Waals surface area contributed by atoms with Gasteiger partial charge in [0.2, 0.25) is 0 Å². The number of fused-ring (bicyclic) bond motifs is 1. The van der Waals surface area contributed by atoms with Crippen molar-refractivity contribution in [3.63, 3.8) is 0 Å². The summed E-state index contributed by atoms with van der Waals surface area (Å²) in [5, 5.41) is 11.0. The highest BCUT2D eigenvalue weighted by Crippen LogP contribution is 2.28. The second kappa shape index (κ2) is 7.29. The van der Waals surface area contributed by atoms with Crippen LogP contribution in [-0.4, -0.2) is 23.9 Å². The lowest BCUT2D eigenvalue weighted by molar-refractivity contribution is -0.423. The zero-order chi connectivity index (χ0) is 14.4. The van der Waals surface area contributed by atoms with Gasteiger partial charge in [0.1, 0.15) is 6.54 Å². The third kappa shape index (κ3) is 3.73. The number of alkyl halides is 1. The molecule has 0 amide bonds. The molecule has 20 heavy (non-hydrogen) atoms. The third-order valence-corrected chi connectivity index (χ3v) is 3.77. The molecule has 5 heteroatoms. The Morgan fingerprint density at radius 2 is 1.95 bits per heavy atom. The molecular weight excluding hydrogens is 276 g/mol. The summed E-state index contributed by atoms with van der Waals surface area (Å²) < 4.78 is 0. The van der Waals surface area contributed by atoms with Crippen LogP contribution in [0.3, 0.4) is 0 Å². The van der Waals surface area contributed by atoms with E-state index in [4.69, 9.17) is 11.6 Å². The highest BCUT2D eigenvalue weighted by molar-refractivity contribution is 6.17. The van der Waals surface area contributed by atoms with E-state index in [2.05, 4.69) is 4.90 Å². The Kier molecular flexibility index (Phi) is 5.41. The summed E-state index contributed by atoms with van der Waals surface area (Å²) in [5.41, 5.74) is 2.30. The molecule has 1 aromatic carbocycles. The molecule has 0 saturated carbocycles. The molecule has 0 saturated heterocycles. The zero-order valence-electron chi connectivity index (χ0n) is 11.4. The number of rotatable bonds is 7. The number of hydrogen-bond acceptors (Lipinski definition) is 3. The lowest BCUT2D eigenvalue weighted by atomic mass is 10.1. The van der Waals surface area contributed by atoms with E-state index in [1.165, 1.54) is 0 Å². The molecule has 0 fully saturated rings. The first-order valence-corrected chi connectivity index (χ1v) is 7.50. The fraction of sp³-hybridized carbons (Fsp3) is 0.467. The monoisotopic (exact) mass is 294 g/mol. The van der Waals surface area contributed by atoms with Crippen LogP contribution < -0.4 is 4.90 Å². The molecule has 1 aliphatic rings. The van der Waals surface area contributed by atoms with Crippen LogP contribution in [0, 0.1) is 10.1 Å². The van der Waals surface area contributed by atoms with E-state index in [0.717, 1.165) is 43.5 Å². The summed E-state index contributed by atoms with van der Waals surface area (Å²) in [6.45, 7) is 1.24. The van der Waals surface area contributed by atoms with Crippen LogP contribution >= 0.6 is 11.6 Å². The fourth-order valence-corrected chi connectivity index (χ4v) is 2.65. The fourth-order valence-electron chi connectivity index (χ4n) is 2.46. The summed E-state index contributed by atoms with van der Waals surface area (Å²) >= 11 is 5.66. The van der Waals surface area contributed by atoms with Crippen molar-refractivity contribution in [2.75, 3.05) is 23.9 Å². The minimum absolute atomic E-state index is 0.268. The molecule has 1 aromatic rings. The molecule has 1 aliphatic heterocycles. The standard InChI is InChI=1S/C15H19ClN2O2/c16-9-5-1-2-6-10-17-12-14(18(19)20)11-13-7-3-4-8-15(13)17/h3-4,7-8,11H,1-2,5-6,9-10,12H2. The predicted molar refractivity (Wildman–Crippen MR) is 82.8 cm³/mol. The van der Waals surface area contributed by atoms with Crippen molar-refractivity contribution in [3.8, 4) is 0 Å². The minimum atomic E-state index is -0.281. The van der Waals surface area contributed by atoms with Crippen molar-refractivity contribution in [1.29, 1.82) is 0 Å². The van der Waals surface area contributed by atoms with E-state index in [0.29, 0.717) is 12.4 Å². The predicted octanol–water partition coefficient (Wildman–Crippen LogP) is 3.92. The van der Waals surface area contributed by atoms with Crippen LogP contribution in [-0.2, 0) is 0 Å². The van der Waals surface area contributed by atoms with Gasteiger partial charge < -0.3 is 4.90 Å². The van der Waals surface area contributed by atoms with Crippen LogP contribution in [0.15, 0.2) is 30.0 Å². The molecule has 0 radical (unpaired) electrons. The maximum atomic E-state index is 11.0. The van der Waals surface area contributed by atoms with E-state index >= 15 is 0 Å². The van der Waals surface area contributed by atoms with Gasteiger partial charge in [0.25, 0.3) is 5.70 Å². The quantitative estimate of drug-likeness (QED) is 0.331. The van der Waals surface area contributed by atoms with Gasteiger partial charge in [-0.15, -0.1) is 11.6 Å². The number of nitrogens with zero attached hydrogens (tertiary/aromatic N) is 2. The third-order valence-electron chi connectivity index (χ3n) is 3.50. The Bertz CT molecular complexity index is 502. The lowest BCUT2D eigenvalue weighted by Crippen LogP contribution is -2.31. The van der Waals surface area contributed by atoms with Gasteiger partial charge in [0.15, 0.2) is 0 Å². The first-order chi connectivity index (χ1) is 9.72. The Hall–Kier alpha value is -1.55. The van der Waals surface area contributed by atoms with Crippen LogP contribution in [0.25, 0.3) is 6.08 Å². The van der Waals surface area contributed by atoms with Gasteiger partial charge in [-0.3, -0.25) is 10.1 Å². The number of hydrogen-bond donors (Lipinski definition) is 0. The van der Waals surface area contributed by atoms with Crippen LogP contribution in [0.5, 0.6) is 0 Å². The molecule has 108 valence electrons. The van der Waals surface area contributed by atoms with Gasteiger partial charge in [-0.2, -0.15) is 0 Å². The number of para-hydroxylation sites is 1. The summed E-state index contributed by atoms with van der Waals surface area (Å²) in [5.74, 6) is 0.709. The number of halogens is 1. The molecule has 4 nitrogen and oxygen atoms in total. The van der Waals surface area contributed by atoms with Gasteiger partial charge in [0, 0.05) is 29.8 Å². The van der Waals surface area contributed by atoms with Gasteiger partial charge in [-0.25, -0.2) is 0 Å². The first-order valence-electron chi connectivity index (χ1n) is 6.97. The summed E-state index contributed by atoms with van der Waals surface area (Å²) in [6.07, 6.45) is 5.99. The molecule has 1 heterocycles. The average Bonchev–Trinajstić information content (AvgIpc) is 2.46. The van der Waals surface area contributed by atoms with Gasteiger partial charge in [-0.05, 0) is 18.9 Å². The second-order valence-electron chi connectivity index (χ2n) is 4.98. The molecule has 0 unspecified atom stereocenters. The molecule has 0 bridgehead atoms. The Morgan fingerprint density at radius 1 is 1.20 bits per heavy atom. The van der Waals surface area contributed by atoms with Gasteiger partial charge >= 0.3 is 0 Å². The number of unbranched alkanes of at least 4 members (excludes halogenated alkanes) is 3. The van der Waals surface area contributed by atoms with Crippen molar-refractivity contribution in [1.82, 2.24) is 0 Å². The number of benzene rings is 1. The van der Waals surface area contributed by atoms with Gasteiger partial charge in [0.05, 0.1) is 4.92 Å². The Balaban J connectivity index is 2.02. The van der Waals surface area contributed by atoms with E-state index in [-0.39, 0.29) is 10.6 Å². The molecular formula is C15H19ClN2O2. The van der Waals surface area contributed by atoms with E-state index < -0.39 is 0 Å². The SMILES string of the molecule is O=[N+]([O-])C1=Cc2ccccc2N(CCCCCCCl)C1. The first kappa shape index (κ1) is 14.9. The molecule has 2 rings (SSSR count).